The highest BCUT2D eigenvalue weighted by Crippen LogP contribution is 2.16. The number of nitro groups is 1. The SMILES string of the molecule is O=C(N[C@@H]1CO[C@H](CO)[C@@H](O)[C@@H]1O)c1ccc([N+](=O)[O-])cc1. The number of carbonyl (C=O) groups is 1. The number of benzene rings is 1. The standard InChI is InChI=1S/C13H16N2O7/c16-5-10-12(18)11(17)9(6-22-10)14-13(19)7-1-3-8(4-2-7)15(20)21/h1-4,9-12,16-18H,5-6H2,(H,14,19)/t9-,10-,11-,12-/m1/s1. The Morgan fingerprint density at radius 3 is 2.50 bits per heavy atom. The summed E-state index contributed by atoms with van der Waals surface area (Å²) in [5, 5.41) is 41.6. The van der Waals surface area contributed by atoms with Crippen LogP contribution in [-0.2, 0) is 4.74 Å². The number of amides is 1. The number of hydrogen-bond acceptors (Lipinski definition) is 7. The maximum atomic E-state index is 12.0. The van der Waals surface area contributed by atoms with E-state index in [1.54, 1.807) is 0 Å². The molecular formula is C13H16N2O7. The molecule has 0 spiro atoms. The molecule has 1 aliphatic heterocycles. The molecule has 4 atom stereocenters. The van der Waals surface area contributed by atoms with Crippen molar-refractivity contribution in [1.82, 2.24) is 5.32 Å². The quantitative estimate of drug-likeness (QED) is 0.404. The van der Waals surface area contributed by atoms with Gasteiger partial charge in [-0.25, -0.2) is 0 Å². The minimum absolute atomic E-state index is 0.0673. The third-order valence-corrected chi connectivity index (χ3v) is 3.47. The van der Waals surface area contributed by atoms with Crippen LogP contribution in [0, 0.1) is 10.1 Å². The monoisotopic (exact) mass is 312 g/mol. The van der Waals surface area contributed by atoms with Crippen LogP contribution >= 0.6 is 0 Å². The van der Waals surface area contributed by atoms with Gasteiger partial charge in [0.15, 0.2) is 0 Å². The number of aliphatic hydroxyl groups is 3. The summed E-state index contributed by atoms with van der Waals surface area (Å²) in [5.74, 6) is -0.558. The molecule has 22 heavy (non-hydrogen) atoms. The van der Waals surface area contributed by atoms with Crippen molar-refractivity contribution >= 4 is 11.6 Å². The summed E-state index contributed by atoms with van der Waals surface area (Å²) >= 11 is 0. The number of carbonyl (C=O) groups excluding carboxylic acids is 1. The van der Waals surface area contributed by atoms with Gasteiger partial charge in [0.05, 0.1) is 24.2 Å². The lowest BCUT2D eigenvalue weighted by Gasteiger charge is -2.37. The molecular weight excluding hydrogens is 296 g/mol. The van der Waals surface area contributed by atoms with Crippen LogP contribution in [0.3, 0.4) is 0 Å². The number of ether oxygens (including phenoxy) is 1. The smallest absolute Gasteiger partial charge is 0.269 e. The van der Waals surface area contributed by atoms with E-state index in [2.05, 4.69) is 5.32 Å². The molecule has 9 heteroatoms. The van der Waals surface area contributed by atoms with Gasteiger partial charge in [-0.15, -0.1) is 0 Å². The van der Waals surface area contributed by atoms with Crippen LogP contribution in [0.4, 0.5) is 5.69 Å². The average molecular weight is 312 g/mol. The first kappa shape index (κ1) is 16.3. The van der Waals surface area contributed by atoms with E-state index in [0.717, 1.165) is 0 Å². The Morgan fingerprint density at radius 1 is 1.32 bits per heavy atom. The van der Waals surface area contributed by atoms with Gasteiger partial charge in [0.2, 0.25) is 0 Å². The molecule has 0 bridgehead atoms. The van der Waals surface area contributed by atoms with E-state index in [4.69, 9.17) is 9.84 Å². The van der Waals surface area contributed by atoms with Crippen molar-refractivity contribution in [3.63, 3.8) is 0 Å². The highest BCUT2D eigenvalue weighted by atomic mass is 16.6. The van der Waals surface area contributed by atoms with E-state index in [0.29, 0.717) is 0 Å². The van der Waals surface area contributed by atoms with Crippen molar-refractivity contribution in [1.29, 1.82) is 0 Å². The second-order valence-corrected chi connectivity index (χ2v) is 4.92. The summed E-state index contributed by atoms with van der Waals surface area (Å²) in [4.78, 5) is 22.0. The highest BCUT2D eigenvalue weighted by molar-refractivity contribution is 5.94. The molecule has 1 aromatic carbocycles. The van der Waals surface area contributed by atoms with Gasteiger partial charge in [0, 0.05) is 17.7 Å². The van der Waals surface area contributed by atoms with Crippen LogP contribution in [0.1, 0.15) is 10.4 Å². The van der Waals surface area contributed by atoms with Crippen LogP contribution < -0.4 is 5.32 Å². The second-order valence-electron chi connectivity index (χ2n) is 4.92. The normalized spacial score (nSPS) is 28.1. The summed E-state index contributed by atoms with van der Waals surface area (Å²) in [6.45, 7) is -0.510. The average Bonchev–Trinajstić information content (AvgIpc) is 2.52. The van der Waals surface area contributed by atoms with Crippen LogP contribution in [0.15, 0.2) is 24.3 Å². The minimum Gasteiger partial charge on any atom is -0.394 e. The molecule has 1 aliphatic rings. The zero-order chi connectivity index (χ0) is 16.3. The van der Waals surface area contributed by atoms with E-state index in [9.17, 15) is 25.1 Å². The van der Waals surface area contributed by atoms with Gasteiger partial charge >= 0.3 is 0 Å². The van der Waals surface area contributed by atoms with Crippen LogP contribution in [0.25, 0.3) is 0 Å². The number of aliphatic hydroxyl groups excluding tert-OH is 3. The fourth-order valence-electron chi connectivity index (χ4n) is 2.16. The molecule has 1 amide bonds. The number of nitrogens with one attached hydrogen (secondary N) is 1. The Bertz CT molecular complexity index is 548. The lowest BCUT2D eigenvalue weighted by atomic mass is 9.98. The lowest BCUT2D eigenvalue weighted by molar-refractivity contribution is -0.384. The van der Waals surface area contributed by atoms with Gasteiger partial charge in [-0.1, -0.05) is 0 Å². The summed E-state index contributed by atoms with van der Waals surface area (Å²) in [7, 11) is 0. The fraction of sp³-hybridized carbons (Fsp3) is 0.462. The molecule has 0 aromatic heterocycles. The zero-order valence-corrected chi connectivity index (χ0v) is 11.5. The zero-order valence-electron chi connectivity index (χ0n) is 11.5. The molecule has 9 nitrogen and oxygen atoms in total. The lowest BCUT2D eigenvalue weighted by Crippen LogP contribution is -2.59. The molecule has 0 unspecified atom stereocenters. The predicted molar refractivity (Wildman–Crippen MR) is 73.2 cm³/mol. The molecule has 4 N–H and O–H groups in total. The molecule has 0 radical (unpaired) electrons. The Hall–Kier alpha value is -2.07. The molecule has 0 saturated carbocycles. The van der Waals surface area contributed by atoms with Gasteiger partial charge in [-0.3, -0.25) is 14.9 Å². The Balaban J connectivity index is 2.01. The maximum absolute atomic E-state index is 12.0. The summed E-state index contributed by atoms with van der Waals surface area (Å²) in [5.41, 5.74) is 0.0374. The Labute approximate surface area is 125 Å². The number of nitro benzene ring substituents is 1. The number of rotatable bonds is 4. The molecule has 1 aromatic rings. The minimum atomic E-state index is -1.32. The molecule has 1 saturated heterocycles. The Morgan fingerprint density at radius 2 is 1.95 bits per heavy atom. The van der Waals surface area contributed by atoms with E-state index >= 15 is 0 Å². The summed E-state index contributed by atoms with van der Waals surface area (Å²) in [6.07, 6.45) is -3.50. The maximum Gasteiger partial charge on any atom is 0.269 e. The van der Waals surface area contributed by atoms with Gasteiger partial charge in [0.1, 0.15) is 18.3 Å². The number of hydrogen-bond donors (Lipinski definition) is 4. The third kappa shape index (κ3) is 3.39. The van der Waals surface area contributed by atoms with Crippen molar-refractivity contribution < 1.29 is 29.8 Å². The molecule has 1 heterocycles. The van der Waals surface area contributed by atoms with Crippen molar-refractivity contribution in [2.75, 3.05) is 13.2 Å². The largest absolute Gasteiger partial charge is 0.394 e. The third-order valence-electron chi connectivity index (χ3n) is 3.47. The molecule has 0 aliphatic carbocycles. The van der Waals surface area contributed by atoms with Gasteiger partial charge in [-0.2, -0.15) is 0 Å². The van der Waals surface area contributed by atoms with Crippen LogP contribution in [0.2, 0.25) is 0 Å². The second kappa shape index (κ2) is 6.79. The van der Waals surface area contributed by atoms with Crippen molar-refractivity contribution in [3.05, 3.63) is 39.9 Å². The first-order valence-corrected chi connectivity index (χ1v) is 6.58. The van der Waals surface area contributed by atoms with Crippen molar-refractivity contribution in [3.8, 4) is 0 Å². The van der Waals surface area contributed by atoms with E-state index < -0.39 is 41.8 Å². The molecule has 120 valence electrons. The van der Waals surface area contributed by atoms with Crippen LogP contribution in [-0.4, -0.2) is 63.7 Å². The van der Waals surface area contributed by atoms with Gasteiger partial charge in [-0.05, 0) is 12.1 Å². The molecule has 2 rings (SSSR count). The van der Waals surface area contributed by atoms with Crippen molar-refractivity contribution in [2.45, 2.75) is 24.4 Å². The highest BCUT2D eigenvalue weighted by Gasteiger charge is 2.38. The van der Waals surface area contributed by atoms with Gasteiger partial charge < -0.3 is 25.4 Å². The van der Waals surface area contributed by atoms with E-state index in [1.807, 2.05) is 0 Å². The first-order chi connectivity index (χ1) is 10.4. The fourth-order valence-corrected chi connectivity index (χ4v) is 2.16. The summed E-state index contributed by atoms with van der Waals surface area (Å²) in [6, 6.07) is 4.12. The number of non-ortho nitro benzene ring substituents is 1. The molecule has 1 fully saturated rings. The van der Waals surface area contributed by atoms with Crippen molar-refractivity contribution in [2.24, 2.45) is 0 Å². The first-order valence-electron chi connectivity index (χ1n) is 6.58. The van der Waals surface area contributed by atoms with Gasteiger partial charge in [0.25, 0.3) is 11.6 Å². The topological polar surface area (TPSA) is 142 Å². The predicted octanol–water partition coefficient (Wildman–Crippen LogP) is -1.19. The van der Waals surface area contributed by atoms with E-state index in [1.165, 1.54) is 24.3 Å². The van der Waals surface area contributed by atoms with Crippen LogP contribution in [0.5, 0.6) is 0 Å². The number of nitrogens with zero attached hydrogens (tertiary/aromatic N) is 1. The van der Waals surface area contributed by atoms with E-state index in [-0.39, 0.29) is 17.9 Å². The Kier molecular flexibility index (Phi) is 5.03. The summed E-state index contributed by atoms with van der Waals surface area (Å²) < 4.78 is 5.15.